The van der Waals surface area contributed by atoms with Gasteiger partial charge < -0.3 is 0 Å². The maximum Gasteiger partial charge on any atom is -0.0351 e. The quantitative estimate of drug-likeness (QED) is 0.0765. The zero-order chi connectivity index (χ0) is 23.9. The summed E-state index contributed by atoms with van der Waals surface area (Å²) in [6, 6.07) is 0. The van der Waals surface area contributed by atoms with Crippen LogP contribution in [0.25, 0.3) is 0 Å². The van der Waals surface area contributed by atoms with Crippen molar-refractivity contribution in [3.63, 3.8) is 0 Å². The number of allylic oxidation sites excluding steroid dienone is 2. The smallest absolute Gasteiger partial charge is 0.0351 e. The molecule has 0 aromatic carbocycles. The van der Waals surface area contributed by atoms with Crippen LogP contribution in [0.4, 0.5) is 0 Å². The molecule has 0 unspecified atom stereocenters. The van der Waals surface area contributed by atoms with E-state index in [9.17, 15) is 0 Å². The lowest BCUT2D eigenvalue weighted by Gasteiger charge is -2.04. The van der Waals surface area contributed by atoms with Crippen LogP contribution in [0.3, 0.4) is 0 Å². The molecule has 0 spiro atoms. The molecule has 0 aliphatic heterocycles. The first-order valence-corrected chi connectivity index (χ1v) is 16.1. The van der Waals surface area contributed by atoms with Gasteiger partial charge in [-0.25, -0.2) is 0 Å². The number of hydrogen-bond acceptors (Lipinski definition) is 0. The van der Waals surface area contributed by atoms with Crippen molar-refractivity contribution in [2.45, 2.75) is 200 Å². The van der Waals surface area contributed by atoms with Crippen molar-refractivity contribution >= 4 is 0 Å². The topological polar surface area (TPSA) is 0 Å². The van der Waals surface area contributed by atoms with Gasteiger partial charge >= 0.3 is 0 Å². The predicted molar refractivity (Wildman–Crippen MR) is 154 cm³/mol. The Morgan fingerprint density at radius 3 is 0.636 bits per heavy atom. The molecule has 0 radical (unpaired) electrons. The van der Waals surface area contributed by atoms with Crippen molar-refractivity contribution in [1.29, 1.82) is 0 Å². The van der Waals surface area contributed by atoms with E-state index < -0.39 is 0 Å². The van der Waals surface area contributed by atoms with Crippen molar-refractivity contribution in [2.75, 3.05) is 0 Å². The molecule has 198 valence electrons. The lowest BCUT2D eigenvalue weighted by Crippen LogP contribution is -1.84. The van der Waals surface area contributed by atoms with Gasteiger partial charge in [0.1, 0.15) is 0 Å². The van der Waals surface area contributed by atoms with Crippen molar-refractivity contribution in [1.82, 2.24) is 0 Å². The van der Waals surface area contributed by atoms with E-state index in [0.717, 1.165) is 0 Å². The van der Waals surface area contributed by atoms with Gasteiger partial charge in [-0.1, -0.05) is 187 Å². The molecule has 0 rings (SSSR count). The second-order valence-corrected chi connectivity index (χ2v) is 10.9. The van der Waals surface area contributed by atoms with Gasteiger partial charge in [0.05, 0.1) is 0 Å². The first kappa shape index (κ1) is 32.7. The van der Waals surface area contributed by atoms with E-state index in [4.69, 9.17) is 0 Å². The highest BCUT2D eigenvalue weighted by Gasteiger charge is 1.95. The molecule has 0 heteroatoms. The summed E-state index contributed by atoms with van der Waals surface area (Å²) in [6.45, 7) is 4.60. The highest BCUT2D eigenvalue weighted by atomic mass is 14.0. The second-order valence-electron chi connectivity index (χ2n) is 10.9. The van der Waals surface area contributed by atoms with Crippen LogP contribution in [-0.4, -0.2) is 0 Å². The number of unbranched alkanes of at least 4 members (excludes halogenated alkanes) is 27. The fraction of sp³-hybridized carbons (Fsp3) is 0.939. The van der Waals surface area contributed by atoms with Crippen LogP contribution in [0.5, 0.6) is 0 Å². The van der Waals surface area contributed by atoms with Gasteiger partial charge in [-0.2, -0.15) is 0 Å². The molecule has 0 N–H and O–H groups in total. The van der Waals surface area contributed by atoms with Gasteiger partial charge in [0.25, 0.3) is 0 Å². The maximum atomic E-state index is 2.45. The van der Waals surface area contributed by atoms with E-state index >= 15 is 0 Å². The van der Waals surface area contributed by atoms with Crippen LogP contribution in [0, 0.1) is 0 Å². The van der Waals surface area contributed by atoms with E-state index in [-0.39, 0.29) is 0 Å². The Morgan fingerprint density at radius 2 is 0.424 bits per heavy atom. The van der Waals surface area contributed by atoms with Gasteiger partial charge in [-0.3, -0.25) is 0 Å². The van der Waals surface area contributed by atoms with Crippen LogP contribution in [-0.2, 0) is 0 Å². The molecule has 0 heterocycles. The van der Waals surface area contributed by atoms with Gasteiger partial charge in [0, 0.05) is 0 Å². The third-order valence-electron chi connectivity index (χ3n) is 7.37. The minimum Gasteiger partial charge on any atom is -0.0885 e. The molecular formula is C33H66. The summed E-state index contributed by atoms with van der Waals surface area (Å²) >= 11 is 0. The van der Waals surface area contributed by atoms with Crippen LogP contribution in [0.2, 0.25) is 0 Å². The Bertz CT molecular complexity index is 342. The van der Waals surface area contributed by atoms with Crippen molar-refractivity contribution in [3.8, 4) is 0 Å². The summed E-state index contributed by atoms with van der Waals surface area (Å²) < 4.78 is 0. The maximum absolute atomic E-state index is 2.45. The predicted octanol–water partition coefficient (Wildman–Crippen LogP) is 12.9. The summed E-state index contributed by atoms with van der Waals surface area (Å²) in [6.07, 6.45) is 46.9. The Labute approximate surface area is 212 Å². The van der Waals surface area contributed by atoms with Crippen molar-refractivity contribution < 1.29 is 0 Å². The molecule has 0 aliphatic rings. The van der Waals surface area contributed by atoms with Gasteiger partial charge in [-0.15, -0.1) is 0 Å². The average Bonchev–Trinajstić information content (AvgIpc) is 2.83. The highest BCUT2D eigenvalue weighted by Crippen LogP contribution is 2.15. The molecule has 0 bridgehead atoms. The van der Waals surface area contributed by atoms with E-state index in [0.29, 0.717) is 0 Å². The third-order valence-corrected chi connectivity index (χ3v) is 7.37. The summed E-state index contributed by atoms with van der Waals surface area (Å²) in [5.41, 5.74) is 0. The van der Waals surface area contributed by atoms with Gasteiger partial charge in [-0.05, 0) is 25.7 Å². The van der Waals surface area contributed by atoms with E-state index in [1.54, 1.807) is 0 Å². The standard InChI is InChI=1S/C33H66/c1-3-5-7-9-11-13-15-17-19-21-23-25-27-29-31-33-32-30-28-26-24-22-20-18-16-14-12-10-8-6-4-2/h21,23H,3-20,22,24-33H2,1-2H3/b23-21+. The largest absolute Gasteiger partial charge is 0.0885 e. The Morgan fingerprint density at radius 1 is 0.242 bits per heavy atom. The van der Waals surface area contributed by atoms with Crippen LogP contribution in [0.1, 0.15) is 200 Å². The van der Waals surface area contributed by atoms with E-state index in [1.807, 2.05) is 0 Å². The molecule has 0 nitrogen and oxygen atoms in total. The van der Waals surface area contributed by atoms with E-state index in [1.165, 1.54) is 186 Å². The SMILES string of the molecule is CCCCCCCCCC/C=C/CCCCCCCCCCCCCCCCCCCCC. The number of hydrogen-bond donors (Lipinski definition) is 0. The molecule has 33 heavy (non-hydrogen) atoms. The number of rotatable bonds is 29. The molecule has 0 aliphatic carbocycles. The summed E-state index contributed by atoms with van der Waals surface area (Å²) in [7, 11) is 0. The molecule has 0 saturated carbocycles. The Hall–Kier alpha value is -0.260. The lowest BCUT2D eigenvalue weighted by atomic mass is 10.0. The Balaban J connectivity index is 3.05. The first-order valence-electron chi connectivity index (χ1n) is 16.1. The van der Waals surface area contributed by atoms with Crippen molar-refractivity contribution in [2.24, 2.45) is 0 Å². The molecule has 0 amide bonds. The average molecular weight is 463 g/mol. The molecule has 0 aromatic heterocycles. The van der Waals surface area contributed by atoms with Crippen molar-refractivity contribution in [3.05, 3.63) is 12.2 Å². The summed E-state index contributed by atoms with van der Waals surface area (Å²) in [5, 5.41) is 0. The first-order chi connectivity index (χ1) is 16.4. The zero-order valence-electron chi connectivity index (χ0n) is 23.7. The molecular weight excluding hydrogens is 396 g/mol. The summed E-state index contributed by atoms with van der Waals surface area (Å²) in [5.74, 6) is 0. The summed E-state index contributed by atoms with van der Waals surface area (Å²) in [4.78, 5) is 0. The van der Waals surface area contributed by atoms with E-state index in [2.05, 4.69) is 26.0 Å². The minimum atomic E-state index is 1.31. The highest BCUT2D eigenvalue weighted by molar-refractivity contribution is 4.81. The zero-order valence-corrected chi connectivity index (χ0v) is 23.7. The molecule has 0 aromatic rings. The normalized spacial score (nSPS) is 11.7. The van der Waals surface area contributed by atoms with Crippen LogP contribution < -0.4 is 0 Å². The molecule has 0 fully saturated rings. The lowest BCUT2D eigenvalue weighted by molar-refractivity contribution is 0.523. The Kier molecular flexibility index (Phi) is 31.5. The fourth-order valence-corrected chi connectivity index (χ4v) is 4.97. The van der Waals surface area contributed by atoms with Crippen LogP contribution >= 0.6 is 0 Å². The van der Waals surface area contributed by atoms with Gasteiger partial charge in [0.2, 0.25) is 0 Å². The third kappa shape index (κ3) is 31.7. The molecule has 0 saturated heterocycles. The van der Waals surface area contributed by atoms with Gasteiger partial charge in [0.15, 0.2) is 0 Å². The molecule has 0 atom stereocenters. The monoisotopic (exact) mass is 463 g/mol. The minimum absolute atomic E-state index is 1.31. The fourth-order valence-electron chi connectivity index (χ4n) is 4.97. The second kappa shape index (κ2) is 31.7. The van der Waals surface area contributed by atoms with Crippen LogP contribution in [0.15, 0.2) is 12.2 Å².